The summed E-state index contributed by atoms with van der Waals surface area (Å²) in [4.78, 5) is 38.3. The zero-order valence-electron chi connectivity index (χ0n) is 30.5. The number of halogens is 1. The summed E-state index contributed by atoms with van der Waals surface area (Å²) >= 11 is 0. The molecule has 4 rings (SSSR count). The van der Waals surface area contributed by atoms with E-state index < -0.39 is 58.4 Å². The number of ether oxygens (including phenoxy) is 1. The molecule has 0 aromatic heterocycles. The number of aliphatic hydroxyl groups excluding tert-OH is 1. The van der Waals surface area contributed by atoms with Crippen LogP contribution in [0, 0.1) is 28.6 Å². The Balaban J connectivity index is 1.16. The third-order valence-corrected chi connectivity index (χ3v) is 13.2. The third-order valence-electron chi connectivity index (χ3n) is 13.2. The molecule has 8 atom stereocenters. The lowest BCUT2D eigenvalue weighted by atomic mass is 9.44. The second kappa shape index (κ2) is 16.9. The molecule has 4 aliphatic carbocycles. The molecule has 48 heavy (non-hydrogen) atoms. The predicted octanol–water partition coefficient (Wildman–Crippen LogP) is 9.10. The van der Waals surface area contributed by atoms with Crippen molar-refractivity contribution in [2.24, 2.45) is 28.6 Å². The minimum Gasteiger partial charge on any atom is -0.458 e. The van der Waals surface area contributed by atoms with E-state index in [1.165, 1.54) is 95.6 Å². The van der Waals surface area contributed by atoms with E-state index in [4.69, 9.17) is 4.74 Å². The number of Topliss-reactive ketones (excluding diaryl/α,β-unsaturated/α-hetero) is 1. The number of carbonyl (C=O) groups is 3. The van der Waals surface area contributed by atoms with Gasteiger partial charge >= 0.3 is 5.97 Å². The van der Waals surface area contributed by atoms with E-state index in [0.717, 1.165) is 12.8 Å². The largest absolute Gasteiger partial charge is 0.458 e. The van der Waals surface area contributed by atoms with E-state index in [2.05, 4.69) is 6.92 Å². The van der Waals surface area contributed by atoms with Gasteiger partial charge in [0, 0.05) is 23.2 Å². The van der Waals surface area contributed by atoms with Gasteiger partial charge in [0.25, 0.3) is 0 Å². The van der Waals surface area contributed by atoms with Crippen LogP contribution in [-0.2, 0) is 19.1 Å². The summed E-state index contributed by atoms with van der Waals surface area (Å²) in [6.07, 6.45) is 24.7. The fourth-order valence-corrected chi connectivity index (χ4v) is 10.3. The molecule has 4 aliphatic rings. The number of fused-ring (bicyclic) bond motifs is 5. The molecule has 0 radical (unpaired) electrons. The first-order valence-corrected chi connectivity index (χ1v) is 19.6. The molecule has 0 heterocycles. The molecule has 6 nitrogen and oxygen atoms in total. The van der Waals surface area contributed by atoms with E-state index in [1.807, 2.05) is 0 Å². The highest BCUT2D eigenvalue weighted by Crippen LogP contribution is 2.70. The molecular weight excluding hydrogens is 607 g/mol. The first-order chi connectivity index (χ1) is 22.9. The lowest BCUT2D eigenvalue weighted by Crippen LogP contribution is -2.69. The van der Waals surface area contributed by atoms with Crippen molar-refractivity contribution in [1.29, 1.82) is 0 Å². The Morgan fingerprint density at radius 1 is 0.896 bits per heavy atom. The number of unbranched alkanes of at least 4 members (excludes halogenated alkanes) is 15. The molecular formula is C41H65FO6. The number of esters is 1. The Kier molecular flexibility index (Phi) is 13.7. The number of carbonyl (C=O) groups excluding carboxylic acids is 3. The van der Waals surface area contributed by atoms with Crippen molar-refractivity contribution < 1.29 is 33.7 Å². The number of hydrogen-bond donors (Lipinski definition) is 2. The van der Waals surface area contributed by atoms with Gasteiger partial charge in [-0.25, -0.2) is 4.39 Å². The number of rotatable bonds is 20. The molecule has 0 aliphatic heterocycles. The fraction of sp³-hybridized carbons (Fsp3) is 0.829. The molecule has 0 aromatic carbocycles. The van der Waals surface area contributed by atoms with Crippen molar-refractivity contribution in [3.8, 4) is 0 Å². The molecule has 3 saturated carbocycles. The van der Waals surface area contributed by atoms with Gasteiger partial charge in [0.05, 0.1) is 6.10 Å². The van der Waals surface area contributed by atoms with Crippen LogP contribution >= 0.6 is 0 Å². The van der Waals surface area contributed by atoms with Crippen molar-refractivity contribution in [3.05, 3.63) is 23.8 Å². The number of aliphatic hydroxyl groups is 2. The van der Waals surface area contributed by atoms with Crippen LogP contribution in [0.15, 0.2) is 23.8 Å². The second-order valence-electron chi connectivity index (χ2n) is 16.3. The summed E-state index contributed by atoms with van der Waals surface area (Å²) in [5.74, 6) is -2.59. The molecule has 0 amide bonds. The lowest BCUT2D eigenvalue weighted by molar-refractivity contribution is -0.220. The number of hydrogen-bond acceptors (Lipinski definition) is 6. The van der Waals surface area contributed by atoms with Gasteiger partial charge in [0.15, 0.2) is 18.1 Å². The zero-order chi connectivity index (χ0) is 35.0. The highest BCUT2D eigenvalue weighted by molar-refractivity contribution is 6.01. The van der Waals surface area contributed by atoms with Gasteiger partial charge in [-0.15, -0.1) is 0 Å². The normalized spacial score (nSPS) is 35.5. The Bertz CT molecular complexity index is 1180. The molecule has 0 aromatic rings. The summed E-state index contributed by atoms with van der Waals surface area (Å²) in [6.45, 7) is 7.11. The van der Waals surface area contributed by atoms with Gasteiger partial charge in [0.2, 0.25) is 5.78 Å². The minimum atomic E-state index is -2.02. The van der Waals surface area contributed by atoms with Gasteiger partial charge < -0.3 is 14.9 Å². The second-order valence-corrected chi connectivity index (χ2v) is 16.3. The Morgan fingerprint density at radius 3 is 2.00 bits per heavy atom. The zero-order valence-corrected chi connectivity index (χ0v) is 30.5. The van der Waals surface area contributed by atoms with Crippen LogP contribution < -0.4 is 0 Å². The van der Waals surface area contributed by atoms with Gasteiger partial charge in [-0.3, -0.25) is 14.4 Å². The number of allylic oxidation sites excluding steroid dienone is 4. The standard InChI is InChI=1S/C41H65FO6/c1-5-6-7-8-9-10-11-12-13-14-15-16-17-18-19-20-21-37(46)48-29-36(45)41(47)30(2)26-34-33-23-22-31-27-32(43)24-25-38(31,3)40(33,42)35(44)28-39(34,41)4/h24-25,27,30,33-35,44,47H,5-23,26,28-29H2,1-4H3/t30-,33+,34+,35+,38+,39+,40+,41+/m1/s1. The van der Waals surface area contributed by atoms with E-state index in [9.17, 15) is 24.6 Å². The highest BCUT2D eigenvalue weighted by Gasteiger charge is 2.75. The van der Waals surface area contributed by atoms with E-state index >= 15 is 4.39 Å². The topological polar surface area (TPSA) is 101 Å². The molecule has 2 N–H and O–H groups in total. The first-order valence-electron chi connectivity index (χ1n) is 19.6. The van der Waals surface area contributed by atoms with Crippen LogP contribution in [0.25, 0.3) is 0 Å². The first kappa shape index (κ1) is 38.9. The van der Waals surface area contributed by atoms with Crippen molar-refractivity contribution in [2.45, 2.75) is 180 Å². The Labute approximate surface area is 289 Å². The van der Waals surface area contributed by atoms with E-state index in [1.54, 1.807) is 26.8 Å². The Morgan fingerprint density at radius 2 is 1.44 bits per heavy atom. The van der Waals surface area contributed by atoms with Gasteiger partial charge in [-0.2, -0.15) is 0 Å². The molecule has 3 fully saturated rings. The van der Waals surface area contributed by atoms with Crippen molar-refractivity contribution >= 4 is 17.5 Å². The average Bonchev–Trinajstić information content (AvgIpc) is 3.25. The smallest absolute Gasteiger partial charge is 0.306 e. The lowest BCUT2D eigenvalue weighted by Gasteiger charge is -2.62. The number of alkyl halides is 1. The van der Waals surface area contributed by atoms with Gasteiger partial charge in [0.1, 0.15) is 5.60 Å². The quantitative estimate of drug-likeness (QED) is 0.0989. The minimum absolute atomic E-state index is 0.0883. The number of ketones is 2. The highest BCUT2D eigenvalue weighted by atomic mass is 19.1. The van der Waals surface area contributed by atoms with Crippen LogP contribution in [0.2, 0.25) is 0 Å². The van der Waals surface area contributed by atoms with Crippen molar-refractivity contribution in [2.75, 3.05) is 6.61 Å². The summed E-state index contributed by atoms with van der Waals surface area (Å²) in [6, 6.07) is 0. The molecule has 7 heteroatoms. The van der Waals surface area contributed by atoms with E-state index in [0.29, 0.717) is 31.3 Å². The van der Waals surface area contributed by atoms with Crippen LogP contribution in [0.1, 0.15) is 163 Å². The summed E-state index contributed by atoms with van der Waals surface area (Å²) in [7, 11) is 0. The molecule has 0 bridgehead atoms. The van der Waals surface area contributed by atoms with Crippen LogP contribution in [0.4, 0.5) is 4.39 Å². The molecule has 0 unspecified atom stereocenters. The maximum atomic E-state index is 17.4. The predicted molar refractivity (Wildman–Crippen MR) is 188 cm³/mol. The van der Waals surface area contributed by atoms with Crippen molar-refractivity contribution in [3.63, 3.8) is 0 Å². The Hall–Kier alpha value is -1.86. The van der Waals surface area contributed by atoms with Crippen LogP contribution in [-0.4, -0.2) is 51.7 Å². The fourth-order valence-electron chi connectivity index (χ4n) is 10.3. The average molecular weight is 673 g/mol. The van der Waals surface area contributed by atoms with E-state index in [-0.39, 0.29) is 24.5 Å². The molecule has 0 spiro atoms. The molecule has 0 saturated heterocycles. The third kappa shape index (κ3) is 7.72. The molecule has 272 valence electrons. The summed E-state index contributed by atoms with van der Waals surface area (Å²) < 4.78 is 22.7. The van der Waals surface area contributed by atoms with Gasteiger partial charge in [-0.1, -0.05) is 129 Å². The summed E-state index contributed by atoms with van der Waals surface area (Å²) in [5, 5.41) is 23.6. The SMILES string of the molecule is CCCCCCCCCCCCCCCCCCC(=O)OCC(=O)[C@@]1(O)[C@H](C)C[C@H]2[C@@H]3CCC4=CC(=O)C=C[C@]4(C)[C@@]3(F)[C@@H](O)C[C@@]21C. The monoisotopic (exact) mass is 672 g/mol. The van der Waals surface area contributed by atoms with Crippen LogP contribution in [0.3, 0.4) is 0 Å². The van der Waals surface area contributed by atoms with Gasteiger partial charge in [-0.05, 0) is 63.0 Å². The maximum absolute atomic E-state index is 17.4. The summed E-state index contributed by atoms with van der Waals surface area (Å²) in [5.41, 5.74) is -5.36. The van der Waals surface area contributed by atoms with Crippen molar-refractivity contribution in [1.82, 2.24) is 0 Å². The van der Waals surface area contributed by atoms with Crippen LogP contribution in [0.5, 0.6) is 0 Å². The maximum Gasteiger partial charge on any atom is 0.306 e.